The molecule has 88 valence electrons. The van der Waals surface area contributed by atoms with Crippen LogP contribution in [0.2, 0.25) is 0 Å². The van der Waals surface area contributed by atoms with Gasteiger partial charge >= 0.3 is 0 Å². The lowest BCUT2D eigenvalue weighted by Crippen LogP contribution is -2.15. The zero-order chi connectivity index (χ0) is 12.3. The van der Waals surface area contributed by atoms with Crippen molar-refractivity contribution in [2.75, 3.05) is 0 Å². The fraction of sp³-hybridized carbons (Fsp3) is 0.733. The van der Waals surface area contributed by atoms with Gasteiger partial charge in [0.2, 0.25) is 0 Å². The lowest BCUT2D eigenvalue weighted by molar-refractivity contribution is 0.313. The topological polar surface area (TPSA) is 0 Å². The van der Waals surface area contributed by atoms with Crippen LogP contribution >= 0.6 is 0 Å². The standard InChI is InChI=1S/C15H28/c1-12(9-10-14(3,4)5)11-13(2)15(6,7)8/h9-11,13H,1-8H3/b10-9+,12-11+. The van der Waals surface area contributed by atoms with Crippen molar-refractivity contribution < 1.29 is 0 Å². The van der Waals surface area contributed by atoms with Crippen LogP contribution in [-0.2, 0) is 0 Å². The van der Waals surface area contributed by atoms with E-state index in [0.717, 1.165) is 0 Å². The fourth-order valence-corrected chi connectivity index (χ4v) is 1.08. The summed E-state index contributed by atoms with van der Waals surface area (Å²) >= 11 is 0. The maximum Gasteiger partial charge on any atom is -0.0200 e. The van der Waals surface area contributed by atoms with Crippen molar-refractivity contribution in [2.45, 2.75) is 55.4 Å². The number of hydrogen-bond acceptors (Lipinski definition) is 0. The first-order chi connectivity index (χ1) is 6.52. The highest BCUT2D eigenvalue weighted by Crippen LogP contribution is 2.27. The molecule has 0 radical (unpaired) electrons. The summed E-state index contributed by atoms with van der Waals surface area (Å²) in [6.45, 7) is 18.0. The molecule has 15 heavy (non-hydrogen) atoms. The maximum atomic E-state index is 2.36. The monoisotopic (exact) mass is 208 g/mol. The van der Waals surface area contributed by atoms with Gasteiger partial charge in [0.25, 0.3) is 0 Å². The second kappa shape index (κ2) is 5.01. The van der Waals surface area contributed by atoms with Crippen LogP contribution in [0.25, 0.3) is 0 Å². The number of hydrogen-bond donors (Lipinski definition) is 0. The summed E-state index contributed by atoms with van der Waals surface area (Å²) in [5.74, 6) is 0.613. The molecule has 0 aliphatic carbocycles. The van der Waals surface area contributed by atoms with Crippen molar-refractivity contribution >= 4 is 0 Å². The quantitative estimate of drug-likeness (QED) is 0.546. The summed E-state index contributed by atoms with van der Waals surface area (Å²) in [6.07, 6.45) is 6.87. The van der Waals surface area contributed by atoms with Gasteiger partial charge in [0.15, 0.2) is 0 Å². The molecule has 0 aliphatic heterocycles. The Morgan fingerprint density at radius 1 is 1.00 bits per heavy atom. The Labute approximate surface area is 96.5 Å². The molecule has 0 aromatic carbocycles. The first-order valence-electron chi connectivity index (χ1n) is 5.90. The van der Waals surface area contributed by atoms with E-state index in [9.17, 15) is 0 Å². The van der Waals surface area contributed by atoms with E-state index >= 15 is 0 Å². The molecule has 0 saturated heterocycles. The molecule has 0 nitrogen and oxygen atoms in total. The lowest BCUT2D eigenvalue weighted by Gasteiger charge is -2.24. The molecule has 0 bridgehead atoms. The summed E-state index contributed by atoms with van der Waals surface area (Å²) in [5, 5.41) is 0. The largest absolute Gasteiger partial charge is 0.0789 e. The Morgan fingerprint density at radius 2 is 1.47 bits per heavy atom. The predicted molar refractivity (Wildman–Crippen MR) is 71.0 cm³/mol. The van der Waals surface area contributed by atoms with E-state index in [-0.39, 0.29) is 5.41 Å². The van der Waals surface area contributed by atoms with Crippen LogP contribution in [0.5, 0.6) is 0 Å². The summed E-state index contributed by atoms with van der Waals surface area (Å²) in [7, 11) is 0. The van der Waals surface area contributed by atoms with Gasteiger partial charge in [0.05, 0.1) is 0 Å². The third-order valence-electron chi connectivity index (χ3n) is 2.73. The van der Waals surface area contributed by atoms with Crippen LogP contribution in [0.4, 0.5) is 0 Å². The molecule has 0 aliphatic rings. The molecule has 0 amide bonds. The summed E-state index contributed by atoms with van der Waals surface area (Å²) in [4.78, 5) is 0. The Morgan fingerprint density at radius 3 is 1.80 bits per heavy atom. The average Bonchev–Trinajstić information content (AvgIpc) is 1.97. The van der Waals surface area contributed by atoms with Crippen molar-refractivity contribution in [1.29, 1.82) is 0 Å². The van der Waals surface area contributed by atoms with E-state index in [1.165, 1.54) is 5.57 Å². The van der Waals surface area contributed by atoms with Gasteiger partial charge < -0.3 is 0 Å². The van der Waals surface area contributed by atoms with Crippen molar-refractivity contribution in [3.63, 3.8) is 0 Å². The average molecular weight is 208 g/mol. The molecule has 1 unspecified atom stereocenters. The number of rotatable bonds is 2. The summed E-state index contributed by atoms with van der Waals surface area (Å²) in [6, 6.07) is 0. The third kappa shape index (κ3) is 7.41. The fourth-order valence-electron chi connectivity index (χ4n) is 1.08. The molecule has 0 heteroatoms. The smallest absolute Gasteiger partial charge is 0.0200 e. The molecule has 0 rings (SSSR count). The maximum absolute atomic E-state index is 2.36. The first kappa shape index (κ1) is 14.5. The Kier molecular flexibility index (Phi) is 4.83. The second-order valence-electron chi connectivity index (χ2n) is 6.76. The van der Waals surface area contributed by atoms with Crippen LogP contribution in [-0.4, -0.2) is 0 Å². The van der Waals surface area contributed by atoms with E-state index in [4.69, 9.17) is 0 Å². The molecule has 0 saturated carbocycles. The SMILES string of the molecule is CC(/C=C/C(C)(C)C)=C\C(C)C(C)(C)C. The Hall–Kier alpha value is -0.520. The highest BCUT2D eigenvalue weighted by atomic mass is 14.2. The predicted octanol–water partition coefficient (Wildman–Crippen LogP) is 5.22. The molecule has 0 aromatic heterocycles. The van der Waals surface area contributed by atoms with Crippen LogP contribution in [0.15, 0.2) is 23.8 Å². The Bertz CT molecular complexity index is 240. The third-order valence-corrected chi connectivity index (χ3v) is 2.73. The van der Waals surface area contributed by atoms with Crippen LogP contribution in [0.1, 0.15) is 55.4 Å². The van der Waals surface area contributed by atoms with E-state index < -0.39 is 0 Å². The van der Waals surface area contributed by atoms with Gasteiger partial charge in [-0.3, -0.25) is 0 Å². The van der Waals surface area contributed by atoms with Crippen LogP contribution in [0.3, 0.4) is 0 Å². The van der Waals surface area contributed by atoms with E-state index in [0.29, 0.717) is 11.3 Å². The van der Waals surface area contributed by atoms with Crippen LogP contribution < -0.4 is 0 Å². The molecular weight excluding hydrogens is 180 g/mol. The van der Waals surface area contributed by atoms with Crippen molar-refractivity contribution in [3.8, 4) is 0 Å². The zero-order valence-corrected chi connectivity index (χ0v) is 11.8. The number of allylic oxidation sites excluding steroid dienone is 4. The normalized spacial score (nSPS) is 17.2. The molecule has 0 N–H and O–H groups in total. The van der Waals surface area contributed by atoms with Crippen molar-refractivity contribution in [1.82, 2.24) is 0 Å². The summed E-state index contributed by atoms with van der Waals surface area (Å²) in [5.41, 5.74) is 2.00. The second-order valence-corrected chi connectivity index (χ2v) is 6.76. The highest BCUT2D eigenvalue weighted by molar-refractivity contribution is 5.19. The summed E-state index contributed by atoms with van der Waals surface area (Å²) < 4.78 is 0. The molecule has 0 heterocycles. The van der Waals surface area contributed by atoms with Crippen LogP contribution in [0, 0.1) is 16.7 Å². The van der Waals surface area contributed by atoms with Gasteiger partial charge in [-0.25, -0.2) is 0 Å². The molecule has 1 atom stereocenters. The van der Waals surface area contributed by atoms with E-state index in [2.05, 4.69) is 73.6 Å². The minimum Gasteiger partial charge on any atom is -0.0789 e. The minimum absolute atomic E-state index is 0.278. The van der Waals surface area contributed by atoms with Crippen molar-refractivity contribution in [3.05, 3.63) is 23.8 Å². The molecule has 0 aromatic rings. The van der Waals surface area contributed by atoms with Gasteiger partial charge in [-0.1, -0.05) is 72.3 Å². The lowest BCUT2D eigenvalue weighted by atomic mass is 9.81. The van der Waals surface area contributed by atoms with Gasteiger partial charge in [-0.15, -0.1) is 0 Å². The zero-order valence-electron chi connectivity index (χ0n) is 11.8. The molecule has 0 fully saturated rings. The van der Waals surface area contributed by atoms with Crippen molar-refractivity contribution in [2.24, 2.45) is 16.7 Å². The van der Waals surface area contributed by atoms with Gasteiger partial charge in [-0.05, 0) is 23.7 Å². The van der Waals surface area contributed by atoms with Gasteiger partial charge in [0.1, 0.15) is 0 Å². The van der Waals surface area contributed by atoms with E-state index in [1.807, 2.05) is 0 Å². The minimum atomic E-state index is 0.278. The molecule has 0 spiro atoms. The first-order valence-corrected chi connectivity index (χ1v) is 5.90. The van der Waals surface area contributed by atoms with Gasteiger partial charge in [0, 0.05) is 0 Å². The Balaban J connectivity index is 4.53. The van der Waals surface area contributed by atoms with E-state index in [1.54, 1.807) is 0 Å². The van der Waals surface area contributed by atoms with Gasteiger partial charge in [-0.2, -0.15) is 0 Å². The molecular formula is C15H28. The highest BCUT2D eigenvalue weighted by Gasteiger charge is 2.17.